The van der Waals surface area contributed by atoms with Crippen LogP contribution in [0.5, 0.6) is 0 Å². The summed E-state index contributed by atoms with van der Waals surface area (Å²) in [7, 11) is 0. The Hall–Kier alpha value is -1.15. The van der Waals surface area contributed by atoms with Crippen molar-refractivity contribution in [3.63, 3.8) is 0 Å². The van der Waals surface area contributed by atoms with Gasteiger partial charge in [-0.05, 0) is 73.1 Å². The Balaban J connectivity index is 2.24. The van der Waals surface area contributed by atoms with Gasteiger partial charge >= 0.3 is 5.97 Å². The standard InChI is InChI=1S/C15H19IN2O3/c1-2-15(5-7-17-8-6-15)14(21)18-12-4-3-10(16)9-11(12)13(19)20/h3-4,9,17H,2,5-8H2,1H3,(H,18,21)(H,19,20). The number of piperidine rings is 1. The molecule has 0 aromatic heterocycles. The fourth-order valence-electron chi connectivity index (χ4n) is 2.70. The van der Waals surface area contributed by atoms with Crippen LogP contribution in [-0.2, 0) is 4.79 Å². The summed E-state index contributed by atoms with van der Waals surface area (Å²) >= 11 is 2.06. The predicted molar refractivity (Wildman–Crippen MR) is 89.6 cm³/mol. The van der Waals surface area contributed by atoms with Crippen molar-refractivity contribution in [2.75, 3.05) is 18.4 Å². The zero-order valence-electron chi connectivity index (χ0n) is 11.9. The summed E-state index contributed by atoms with van der Waals surface area (Å²) in [6.45, 7) is 3.65. The highest BCUT2D eigenvalue weighted by atomic mass is 127. The highest BCUT2D eigenvalue weighted by Gasteiger charge is 2.38. The van der Waals surface area contributed by atoms with Gasteiger partial charge in [0, 0.05) is 3.57 Å². The summed E-state index contributed by atoms with van der Waals surface area (Å²) in [5.74, 6) is -1.10. The zero-order chi connectivity index (χ0) is 15.5. The minimum atomic E-state index is -1.03. The van der Waals surface area contributed by atoms with Crippen molar-refractivity contribution in [2.24, 2.45) is 5.41 Å². The zero-order valence-corrected chi connectivity index (χ0v) is 14.1. The summed E-state index contributed by atoms with van der Waals surface area (Å²) in [5, 5.41) is 15.4. The molecule has 1 amide bonds. The molecule has 0 aliphatic carbocycles. The Labute approximate surface area is 137 Å². The van der Waals surface area contributed by atoms with Crippen molar-refractivity contribution in [1.82, 2.24) is 5.32 Å². The van der Waals surface area contributed by atoms with Crippen LogP contribution in [-0.4, -0.2) is 30.1 Å². The molecule has 1 aliphatic rings. The number of amides is 1. The van der Waals surface area contributed by atoms with Crippen LogP contribution in [0.4, 0.5) is 5.69 Å². The summed E-state index contributed by atoms with van der Waals surface area (Å²) in [6.07, 6.45) is 2.32. The Bertz CT molecular complexity index is 554. The molecule has 3 N–H and O–H groups in total. The smallest absolute Gasteiger partial charge is 0.337 e. The van der Waals surface area contributed by atoms with Crippen LogP contribution in [0.2, 0.25) is 0 Å². The molecule has 0 saturated carbocycles. The van der Waals surface area contributed by atoms with Gasteiger partial charge in [-0.3, -0.25) is 4.79 Å². The van der Waals surface area contributed by atoms with E-state index in [9.17, 15) is 14.7 Å². The number of benzene rings is 1. The molecule has 1 heterocycles. The summed E-state index contributed by atoms with van der Waals surface area (Å²) in [6, 6.07) is 5.02. The average Bonchev–Trinajstić information content (AvgIpc) is 2.49. The van der Waals surface area contributed by atoms with Crippen LogP contribution in [0.25, 0.3) is 0 Å². The van der Waals surface area contributed by atoms with Crippen molar-refractivity contribution in [3.8, 4) is 0 Å². The molecule has 0 radical (unpaired) electrons. The highest BCUT2D eigenvalue weighted by molar-refractivity contribution is 14.1. The van der Waals surface area contributed by atoms with Crippen molar-refractivity contribution >= 4 is 40.2 Å². The van der Waals surface area contributed by atoms with Gasteiger partial charge in [-0.2, -0.15) is 0 Å². The van der Waals surface area contributed by atoms with E-state index >= 15 is 0 Å². The van der Waals surface area contributed by atoms with Gasteiger partial charge in [-0.1, -0.05) is 6.92 Å². The first-order chi connectivity index (χ1) is 9.98. The molecule has 21 heavy (non-hydrogen) atoms. The van der Waals surface area contributed by atoms with Crippen molar-refractivity contribution in [2.45, 2.75) is 26.2 Å². The second-order valence-corrected chi connectivity index (χ2v) is 6.58. The van der Waals surface area contributed by atoms with Crippen LogP contribution in [0, 0.1) is 8.99 Å². The molecule has 2 rings (SSSR count). The number of halogens is 1. The molecule has 1 saturated heterocycles. The van der Waals surface area contributed by atoms with Crippen LogP contribution in [0.3, 0.4) is 0 Å². The van der Waals surface area contributed by atoms with Crippen molar-refractivity contribution in [1.29, 1.82) is 0 Å². The Morgan fingerprint density at radius 2 is 2.05 bits per heavy atom. The number of carboxylic acids is 1. The normalized spacial score (nSPS) is 17.2. The maximum atomic E-state index is 12.6. The van der Waals surface area contributed by atoms with Gasteiger partial charge in [-0.15, -0.1) is 0 Å². The summed E-state index contributed by atoms with van der Waals surface area (Å²) < 4.78 is 0.829. The lowest BCUT2D eigenvalue weighted by molar-refractivity contribution is -0.127. The summed E-state index contributed by atoms with van der Waals surface area (Å²) in [4.78, 5) is 24.0. The molecule has 1 aliphatic heterocycles. The highest BCUT2D eigenvalue weighted by Crippen LogP contribution is 2.34. The number of rotatable bonds is 4. The van der Waals surface area contributed by atoms with Gasteiger partial charge in [0.05, 0.1) is 16.7 Å². The molecule has 0 atom stereocenters. The molecule has 0 bridgehead atoms. The first-order valence-electron chi connectivity index (χ1n) is 7.03. The van der Waals surface area contributed by atoms with Crippen molar-refractivity contribution in [3.05, 3.63) is 27.3 Å². The molecule has 1 aromatic rings. The lowest BCUT2D eigenvalue weighted by atomic mass is 9.76. The quantitative estimate of drug-likeness (QED) is 0.677. The van der Waals surface area contributed by atoms with Crippen LogP contribution in [0.1, 0.15) is 36.5 Å². The van der Waals surface area contributed by atoms with E-state index < -0.39 is 11.4 Å². The van der Waals surface area contributed by atoms with E-state index in [-0.39, 0.29) is 11.5 Å². The number of hydrogen-bond acceptors (Lipinski definition) is 3. The van der Waals surface area contributed by atoms with Gasteiger partial charge in [0.1, 0.15) is 0 Å². The number of carbonyl (C=O) groups excluding carboxylic acids is 1. The van der Waals surface area contributed by atoms with Crippen LogP contribution < -0.4 is 10.6 Å². The minimum absolute atomic E-state index is 0.0739. The second-order valence-electron chi connectivity index (χ2n) is 5.33. The van der Waals surface area contributed by atoms with E-state index in [2.05, 4.69) is 33.2 Å². The third-order valence-electron chi connectivity index (χ3n) is 4.18. The van der Waals surface area contributed by atoms with Gasteiger partial charge < -0.3 is 15.7 Å². The SMILES string of the molecule is CCC1(C(=O)Nc2ccc(I)cc2C(=O)O)CCNCC1. The first-order valence-corrected chi connectivity index (χ1v) is 8.11. The largest absolute Gasteiger partial charge is 0.478 e. The lowest BCUT2D eigenvalue weighted by Crippen LogP contribution is -2.44. The number of carboxylic acid groups (broad SMARTS) is 1. The van der Waals surface area contributed by atoms with E-state index in [4.69, 9.17) is 0 Å². The van der Waals surface area contributed by atoms with E-state index in [0.717, 1.165) is 35.9 Å². The third kappa shape index (κ3) is 3.55. The Morgan fingerprint density at radius 1 is 1.38 bits per heavy atom. The number of anilines is 1. The van der Waals surface area contributed by atoms with Gasteiger partial charge in [0.2, 0.25) is 5.91 Å². The Morgan fingerprint density at radius 3 is 2.62 bits per heavy atom. The summed E-state index contributed by atoms with van der Waals surface area (Å²) in [5.41, 5.74) is 0.110. The molecule has 1 fully saturated rings. The number of carbonyl (C=O) groups is 2. The number of nitrogens with one attached hydrogen (secondary N) is 2. The monoisotopic (exact) mass is 402 g/mol. The average molecular weight is 402 g/mol. The maximum Gasteiger partial charge on any atom is 0.337 e. The van der Waals surface area contributed by atoms with Crippen LogP contribution in [0.15, 0.2) is 18.2 Å². The molecule has 114 valence electrons. The molecular weight excluding hydrogens is 383 g/mol. The molecule has 0 spiro atoms. The fraction of sp³-hybridized carbons (Fsp3) is 0.467. The second kappa shape index (κ2) is 6.74. The molecular formula is C15H19IN2O3. The minimum Gasteiger partial charge on any atom is -0.478 e. The van der Waals surface area contributed by atoms with E-state index in [1.165, 1.54) is 0 Å². The third-order valence-corrected chi connectivity index (χ3v) is 4.85. The molecule has 1 aromatic carbocycles. The van der Waals surface area contributed by atoms with Crippen LogP contribution >= 0.6 is 22.6 Å². The number of hydrogen-bond donors (Lipinski definition) is 3. The fourth-order valence-corrected chi connectivity index (χ4v) is 3.20. The molecule has 6 heteroatoms. The van der Waals surface area contributed by atoms with Gasteiger partial charge in [0.15, 0.2) is 0 Å². The lowest BCUT2D eigenvalue weighted by Gasteiger charge is -2.35. The molecule has 5 nitrogen and oxygen atoms in total. The van der Waals surface area contributed by atoms with Gasteiger partial charge in [-0.25, -0.2) is 4.79 Å². The maximum absolute atomic E-state index is 12.6. The predicted octanol–water partition coefficient (Wildman–Crippen LogP) is 2.71. The first kappa shape index (κ1) is 16.2. The number of aromatic carboxylic acids is 1. The van der Waals surface area contributed by atoms with E-state index in [0.29, 0.717) is 5.69 Å². The topological polar surface area (TPSA) is 78.4 Å². The molecule has 0 unspecified atom stereocenters. The van der Waals surface area contributed by atoms with Gasteiger partial charge in [0.25, 0.3) is 0 Å². The van der Waals surface area contributed by atoms with E-state index in [1.807, 2.05) is 6.92 Å². The van der Waals surface area contributed by atoms with E-state index in [1.54, 1.807) is 18.2 Å². The van der Waals surface area contributed by atoms with Crippen molar-refractivity contribution < 1.29 is 14.7 Å². The Kier molecular flexibility index (Phi) is 5.21.